The van der Waals surface area contributed by atoms with Gasteiger partial charge >= 0.3 is 0 Å². The number of hydrogen-bond acceptors (Lipinski definition) is 2. The molecule has 0 atom stereocenters. The molecule has 0 bridgehead atoms. The summed E-state index contributed by atoms with van der Waals surface area (Å²) >= 11 is 0. The summed E-state index contributed by atoms with van der Waals surface area (Å²) in [6, 6.07) is 5.88. The van der Waals surface area contributed by atoms with Crippen molar-refractivity contribution in [3.05, 3.63) is 24.4 Å². The van der Waals surface area contributed by atoms with Crippen LogP contribution >= 0.6 is 0 Å². The van der Waals surface area contributed by atoms with E-state index in [9.17, 15) is 0 Å². The molecular formula is C11H13N3. The van der Waals surface area contributed by atoms with Gasteiger partial charge < -0.3 is 5.73 Å². The molecule has 72 valence electrons. The lowest BCUT2D eigenvalue weighted by Gasteiger charge is -1.95. The normalized spacial score (nSPS) is 16.3. The lowest BCUT2D eigenvalue weighted by molar-refractivity contribution is 0.568. The standard InChI is InChI=1S/C11H13N3/c12-10-2-1-3-11-9(10)7-14(13-11)6-8-4-5-8/h1-3,7-8H,4-6,12H2. The lowest BCUT2D eigenvalue weighted by Crippen LogP contribution is -1.99. The van der Waals surface area contributed by atoms with Crippen molar-refractivity contribution in [3.63, 3.8) is 0 Å². The smallest absolute Gasteiger partial charge is 0.0944 e. The first-order chi connectivity index (χ1) is 6.83. The third kappa shape index (κ3) is 1.25. The van der Waals surface area contributed by atoms with Gasteiger partial charge in [-0.3, -0.25) is 4.68 Å². The Labute approximate surface area is 82.5 Å². The monoisotopic (exact) mass is 187 g/mol. The van der Waals surface area contributed by atoms with Gasteiger partial charge in [0, 0.05) is 23.8 Å². The first kappa shape index (κ1) is 7.85. The maximum Gasteiger partial charge on any atom is 0.0944 e. The van der Waals surface area contributed by atoms with Crippen molar-refractivity contribution in [3.8, 4) is 0 Å². The van der Waals surface area contributed by atoms with Crippen molar-refractivity contribution < 1.29 is 0 Å². The molecule has 14 heavy (non-hydrogen) atoms. The molecule has 3 nitrogen and oxygen atoms in total. The van der Waals surface area contributed by atoms with Gasteiger partial charge in [-0.15, -0.1) is 0 Å². The Morgan fingerprint density at radius 1 is 1.43 bits per heavy atom. The van der Waals surface area contributed by atoms with Crippen molar-refractivity contribution in [2.75, 3.05) is 5.73 Å². The summed E-state index contributed by atoms with van der Waals surface area (Å²) in [7, 11) is 0. The zero-order chi connectivity index (χ0) is 9.54. The molecule has 0 spiro atoms. The van der Waals surface area contributed by atoms with Gasteiger partial charge in [0.1, 0.15) is 0 Å². The summed E-state index contributed by atoms with van der Waals surface area (Å²) in [5, 5.41) is 5.57. The zero-order valence-corrected chi connectivity index (χ0v) is 7.98. The Hall–Kier alpha value is -1.51. The largest absolute Gasteiger partial charge is 0.398 e. The molecule has 3 heteroatoms. The minimum Gasteiger partial charge on any atom is -0.398 e. The molecule has 0 amide bonds. The van der Waals surface area contributed by atoms with Gasteiger partial charge in [0.15, 0.2) is 0 Å². The van der Waals surface area contributed by atoms with E-state index in [0.717, 1.165) is 29.1 Å². The van der Waals surface area contributed by atoms with Crippen molar-refractivity contribution in [1.82, 2.24) is 9.78 Å². The van der Waals surface area contributed by atoms with Gasteiger partial charge in [-0.1, -0.05) is 6.07 Å². The number of anilines is 1. The average Bonchev–Trinajstić information content (AvgIpc) is 2.84. The minimum atomic E-state index is 0.824. The lowest BCUT2D eigenvalue weighted by atomic mass is 10.2. The van der Waals surface area contributed by atoms with E-state index in [1.807, 2.05) is 22.9 Å². The molecule has 1 aromatic heterocycles. The molecule has 1 aromatic carbocycles. The Bertz CT molecular complexity index is 468. The van der Waals surface area contributed by atoms with E-state index in [1.165, 1.54) is 12.8 Å². The van der Waals surface area contributed by atoms with Crippen LogP contribution in [0.5, 0.6) is 0 Å². The molecule has 0 unspecified atom stereocenters. The second-order valence-corrected chi connectivity index (χ2v) is 4.07. The highest BCUT2D eigenvalue weighted by molar-refractivity contribution is 5.89. The third-order valence-electron chi connectivity index (χ3n) is 2.77. The number of benzene rings is 1. The minimum absolute atomic E-state index is 0.824. The predicted octanol–water partition coefficient (Wildman–Crippen LogP) is 2.03. The summed E-state index contributed by atoms with van der Waals surface area (Å²) in [5.41, 5.74) is 7.69. The van der Waals surface area contributed by atoms with Crippen molar-refractivity contribution in [2.45, 2.75) is 19.4 Å². The van der Waals surface area contributed by atoms with Crippen LogP contribution in [0.25, 0.3) is 10.9 Å². The van der Waals surface area contributed by atoms with Gasteiger partial charge in [-0.05, 0) is 30.9 Å². The van der Waals surface area contributed by atoms with Crippen LogP contribution < -0.4 is 5.73 Å². The summed E-state index contributed by atoms with van der Waals surface area (Å²) in [4.78, 5) is 0. The van der Waals surface area contributed by atoms with Gasteiger partial charge in [-0.25, -0.2) is 0 Å². The number of fused-ring (bicyclic) bond motifs is 1. The van der Waals surface area contributed by atoms with Crippen LogP contribution in [0.3, 0.4) is 0 Å². The number of nitrogens with zero attached hydrogens (tertiary/aromatic N) is 2. The van der Waals surface area contributed by atoms with Crippen LogP contribution in [0.15, 0.2) is 24.4 Å². The molecule has 1 saturated carbocycles. The van der Waals surface area contributed by atoms with E-state index in [2.05, 4.69) is 11.3 Å². The molecule has 0 aliphatic heterocycles. The molecule has 3 rings (SSSR count). The molecular weight excluding hydrogens is 174 g/mol. The predicted molar refractivity (Wildman–Crippen MR) is 56.9 cm³/mol. The molecule has 1 aliphatic carbocycles. The maximum absolute atomic E-state index is 5.86. The number of nitrogen functional groups attached to an aromatic ring is 1. The van der Waals surface area contributed by atoms with Gasteiger partial charge in [0.05, 0.1) is 5.52 Å². The van der Waals surface area contributed by atoms with Crippen LogP contribution in [0, 0.1) is 5.92 Å². The Morgan fingerprint density at radius 2 is 2.29 bits per heavy atom. The van der Waals surface area contributed by atoms with Gasteiger partial charge in [0.2, 0.25) is 0 Å². The average molecular weight is 187 g/mol. The number of nitrogens with two attached hydrogens (primary N) is 1. The van der Waals surface area contributed by atoms with Crippen molar-refractivity contribution >= 4 is 16.6 Å². The fraction of sp³-hybridized carbons (Fsp3) is 0.364. The molecule has 0 saturated heterocycles. The van der Waals surface area contributed by atoms with E-state index in [0.29, 0.717) is 0 Å². The summed E-state index contributed by atoms with van der Waals surface area (Å²) < 4.78 is 2.03. The Balaban J connectivity index is 2.05. The third-order valence-corrected chi connectivity index (χ3v) is 2.77. The molecule has 1 aliphatic rings. The highest BCUT2D eigenvalue weighted by Crippen LogP contribution is 2.31. The maximum atomic E-state index is 5.86. The van der Waals surface area contributed by atoms with Crippen molar-refractivity contribution in [2.24, 2.45) is 5.92 Å². The van der Waals surface area contributed by atoms with E-state index in [1.54, 1.807) is 0 Å². The summed E-state index contributed by atoms with van der Waals surface area (Å²) in [6.07, 6.45) is 4.76. The molecule has 2 N–H and O–H groups in total. The van der Waals surface area contributed by atoms with E-state index >= 15 is 0 Å². The van der Waals surface area contributed by atoms with Crippen LogP contribution in [0.4, 0.5) is 5.69 Å². The van der Waals surface area contributed by atoms with Crippen LogP contribution in [-0.4, -0.2) is 9.78 Å². The van der Waals surface area contributed by atoms with E-state index in [4.69, 9.17) is 5.73 Å². The highest BCUT2D eigenvalue weighted by Gasteiger charge is 2.22. The van der Waals surface area contributed by atoms with E-state index < -0.39 is 0 Å². The Kier molecular flexibility index (Phi) is 1.54. The van der Waals surface area contributed by atoms with E-state index in [-0.39, 0.29) is 0 Å². The fourth-order valence-electron chi connectivity index (χ4n) is 1.77. The van der Waals surface area contributed by atoms with Crippen LogP contribution in [-0.2, 0) is 6.54 Å². The quantitative estimate of drug-likeness (QED) is 0.731. The Morgan fingerprint density at radius 3 is 3.00 bits per heavy atom. The second kappa shape index (κ2) is 2.74. The highest BCUT2D eigenvalue weighted by atomic mass is 15.3. The second-order valence-electron chi connectivity index (χ2n) is 4.07. The molecule has 1 heterocycles. The number of rotatable bonds is 2. The molecule has 2 aromatic rings. The summed E-state index contributed by atoms with van der Waals surface area (Å²) in [5.74, 6) is 0.852. The topological polar surface area (TPSA) is 43.8 Å². The SMILES string of the molecule is Nc1cccc2nn(CC3CC3)cc12. The molecule has 1 fully saturated rings. The zero-order valence-electron chi connectivity index (χ0n) is 7.98. The fourth-order valence-corrected chi connectivity index (χ4v) is 1.77. The first-order valence-electron chi connectivity index (χ1n) is 5.04. The van der Waals surface area contributed by atoms with Crippen LogP contribution in [0.2, 0.25) is 0 Å². The van der Waals surface area contributed by atoms with Crippen molar-refractivity contribution in [1.29, 1.82) is 0 Å². The van der Waals surface area contributed by atoms with Gasteiger partial charge in [0.25, 0.3) is 0 Å². The summed E-state index contributed by atoms with van der Waals surface area (Å²) in [6.45, 7) is 1.05. The van der Waals surface area contributed by atoms with Crippen LogP contribution in [0.1, 0.15) is 12.8 Å². The van der Waals surface area contributed by atoms with Gasteiger partial charge in [-0.2, -0.15) is 5.10 Å². The number of aromatic nitrogens is 2. The first-order valence-corrected chi connectivity index (χ1v) is 5.04. The molecule has 0 radical (unpaired) electrons. The number of hydrogen-bond donors (Lipinski definition) is 1.